The van der Waals surface area contributed by atoms with E-state index in [4.69, 9.17) is 5.73 Å². The first kappa shape index (κ1) is 18.3. The second-order valence-electron chi connectivity index (χ2n) is 5.40. The second kappa shape index (κ2) is 7.69. The molecule has 0 atom stereocenters. The van der Waals surface area contributed by atoms with E-state index in [0.717, 1.165) is 0 Å². The Balaban J connectivity index is 2.11. The number of rotatable bonds is 6. The topological polar surface area (TPSA) is 127 Å². The molecule has 2 rings (SSSR count). The first-order valence-corrected chi connectivity index (χ1v) is 9.03. The third-order valence-electron chi connectivity index (χ3n) is 3.87. The number of amides is 1. The van der Waals surface area contributed by atoms with Crippen LogP contribution in [0.5, 0.6) is 0 Å². The lowest BCUT2D eigenvalue weighted by atomic mass is 10.2. The fourth-order valence-corrected chi connectivity index (χ4v) is 4.13. The third-order valence-corrected chi connectivity index (χ3v) is 5.81. The molecule has 1 heterocycles. The van der Waals surface area contributed by atoms with Crippen molar-refractivity contribution >= 4 is 21.6 Å². The van der Waals surface area contributed by atoms with Crippen molar-refractivity contribution < 1.29 is 18.1 Å². The standard InChI is InChI=1S/C14H20N4O5S/c15-7-3-6-14(19)16-8-10-17(11-9-16)24(22,23)13-5-2-1-4-12(13)18(20)21/h1-2,4-5H,3,6-11,15H2. The van der Waals surface area contributed by atoms with E-state index in [1.807, 2.05) is 0 Å². The lowest BCUT2D eigenvalue weighted by molar-refractivity contribution is -0.387. The number of nitro groups is 1. The largest absolute Gasteiger partial charge is 0.340 e. The normalized spacial score (nSPS) is 16.1. The average molecular weight is 356 g/mol. The highest BCUT2D eigenvalue weighted by molar-refractivity contribution is 7.89. The van der Waals surface area contributed by atoms with Gasteiger partial charge in [-0.05, 0) is 19.0 Å². The van der Waals surface area contributed by atoms with Gasteiger partial charge in [-0.25, -0.2) is 8.42 Å². The molecule has 0 aromatic heterocycles. The number of piperazine rings is 1. The Morgan fingerprint density at radius 2 is 1.83 bits per heavy atom. The van der Waals surface area contributed by atoms with Crippen LogP contribution in [0.4, 0.5) is 5.69 Å². The zero-order valence-electron chi connectivity index (χ0n) is 13.1. The van der Waals surface area contributed by atoms with E-state index in [0.29, 0.717) is 19.4 Å². The van der Waals surface area contributed by atoms with Gasteiger partial charge in [0.25, 0.3) is 5.69 Å². The maximum Gasteiger partial charge on any atom is 0.289 e. The van der Waals surface area contributed by atoms with Crippen LogP contribution in [0.25, 0.3) is 0 Å². The summed E-state index contributed by atoms with van der Waals surface area (Å²) < 4.78 is 26.5. The zero-order valence-corrected chi connectivity index (χ0v) is 13.9. The molecule has 1 saturated heterocycles. The maximum absolute atomic E-state index is 12.7. The molecular weight excluding hydrogens is 336 g/mol. The van der Waals surface area contributed by atoms with Crippen molar-refractivity contribution in [3.05, 3.63) is 34.4 Å². The summed E-state index contributed by atoms with van der Waals surface area (Å²) in [6.45, 7) is 1.19. The summed E-state index contributed by atoms with van der Waals surface area (Å²) in [5.74, 6) is -0.0526. The number of hydrogen-bond donors (Lipinski definition) is 1. The summed E-state index contributed by atoms with van der Waals surface area (Å²) in [4.78, 5) is 23.6. The SMILES string of the molecule is NCCCC(=O)N1CCN(S(=O)(=O)c2ccccc2[N+](=O)[O-])CC1. The summed E-state index contributed by atoms with van der Waals surface area (Å²) in [5.41, 5.74) is 4.93. The Bertz CT molecular complexity index is 714. The van der Waals surface area contributed by atoms with Gasteiger partial charge in [0, 0.05) is 38.7 Å². The molecule has 24 heavy (non-hydrogen) atoms. The molecular formula is C14H20N4O5S. The third kappa shape index (κ3) is 3.89. The average Bonchev–Trinajstić information content (AvgIpc) is 2.59. The van der Waals surface area contributed by atoms with Gasteiger partial charge in [0.05, 0.1) is 4.92 Å². The van der Waals surface area contributed by atoms with Crippen molar-refractivity contribution in [2.24, 2.45) is 5.73 Å². The van der Waals surface area contributed by atoms with Crippen LogP contribution in [0, 0.1) is 10.1 Å². The fraction of sp³-hybridized carbons (Fsp3) is 0.500. The number of nitrogens with two attached hydrogens (primary N) is 1. The van der Waals surface area contributed by atoms with Gasteiger partial charge in [-0.2, -0.15) is 4.31 Å². The van der Waals surface area contributed by atoms with Crippen LogP contribution in [0.3, 0.4) is 0 Å². The zero-order chi connectivity index (χ0) is 17.7. The Kier molecular flexibility index (Phi) is 5.86. The molecule has 0 saturated carbocycles. The molecule has 0 spiro atoms. The Morgan fingerprint density at radius 3 is 2.42 bits per heavy atom. The number of carbonyl (C=O) groups is 1. The monoisotopic (exact) mass is 356 g/mol. The van der Waals surface area contributed by atoms with E-state index < -0.39 is 20.6 Å². The van der Waals surface area contributed by atoms with Crippen LogP contribution in [0.1, 0.15) is 12.8 Å². The molecule has 9 nitrogen and oxygen atoms in total. The summed E-state index contributed by atoms with van der Waals surface area (Å²) in [6, 6.07) is 5.27. The smallest absolute Gasteiger partial charge is 0.289 e. The molecule has 1 aliphatic heterocycles. The number of nitrogens with zero attached hydrogens (tertiary/aromatic N) is 3. The number of carbonyl (C=O) groups excluding carboxylic acids is 1. The van der Waals surface area contributed by atoms with Gasteiger partial charge in [0.2, 0.25) is 15.9 Å². The number of para-hydroxylation sites is 1. The van der Waals surface area contributed by atoms with E-state index in [1.54, 1.807) is 4.90 Å². The number of nitro benzene ring substituents is 1. The number of sulfonamides is 1. The van der Waals surface area contributed by atoms with Gasteiger partial charge in [-0.15, -0.1) is 0 Å². The van der Waals surface area contributed by atoms with E-state index in [-0.39, 0.29) is 37.0 Å². The highest BCUT2D eigenvalue weighted by Gasteiger charge is 2.34. The summed E-state index contributed by atoms with van der Waals surface area (Å²) in [5, 5.41) is 11.1. The number of benzene rings is 1. The maximum atomic E-state index is 12.7. The molecule has 1 amide bonds. The second-order valence-corrected chi connectivity index (χ2v) is 7.31. The van der Waals surface area contributed by atoms with Gasteiger partial charge in [-0.1, -0.05) is 12.1 Å². The van der Waals surface area contributed by atoms with Crippen molar-refractivity contribution in [3.63, 3.8) is 0 Å². The molecule has 0 unspecified atom stereocenters. The van der Waals surface area contributed by atoms with Gasteiger partial charge in [-0.3, -0.25) is 14.9 Å². The van der Waals surface area contributed by atoms with Crippen LogP contribution in [-0.4, -0.2) is 61.2 Å². The Labute approximate surface area is 140 Å². The quantitative estimate of drug-likeness (QED) is 0.572. The van der Waals surface area contributed by atoms with Crippen molar-refractivity contribution in [1.82, 2.24) is 9.21 Å². The van der Waals surface area contributed by atoms with E-state index in [1.165, 1.54) is 28.6 Å². The van der Waals surface area contributed by atoms with Crippen LogP contribution >= 0.6 is 0 Å². The molecule has 1 fully saturated rings. The minimum Gasteiger partial charge on any atom is -0.340 e. The predicted octanol–water partition coefficient (Wildman–Crippen LogP) is 0.167. The van der Waals surface area contributed by atoms with Crippen molar-refractivity contribution in [2.45, 2.75) is 17.7 Å². The summed E-state index contributed by atoms with van der Waals surface area (Å²) >= 11 is 0. The van der Waals surface area contributed by atoms with Gasteiger partial charge in [0.15, 0.2) is 4.90 Å². The highest BCUT2D eigenvalue weighted by atomic mass is 32.2. The van der Waals surface area contributed by atoms with E-state index in [2.05, 4.69) is 0 Å². The molecule has 0 radical (unpaired) electrons. The van der Waals surface area contributed by atoms with E-state index in [9.17, 15) is 23.3 Å². The first-order chi connectivity index (χ1) is 11.4. The van der Waals surface area contributed by atoms with Crippen LogP contribution in [0.2, 0.25) is 0 Å². The molecule has 10 heteroatoms. The van der Waals surface area contributed by atoms with Gasteiger partial charge < -0.3 is 10.6 Å². The first-order valence-electron chi connectivity index (χ1n) is 7.59. The molecule has 0 bridgehead atoms. The highest BCUT2D eigenvalue weighted by Crippen LogP contribution is 2.26. The van der Waals surface area contributed by atoms with E-state index >= 15 is 0 Å². The van der Waals surface area contributed by atoms with Crippen molar-refractivity contribution in [2.75, 3.05) is 32.7 Å². The predicted molar refractivity (Wildman–Crippen MR) is 86.7 cm³/mol. The molecule has 1 aliphatic rings. The van der Waals surface area contributed by atoms with Crippen molar-refractivity contribution in [1.29, 1.82) is 0 Å². The molecule has 132 valence electrons. The number of hydrogen-bond acceptors (Lipinski definition) is 6. The Morgan fingerprint density at radius 1 is 1.21 bits per heavy atom. The lowest BCUT2D eigenvalue weighted by Crippen LogP contribution is -2.50. The van der Waals surface area contributed by atoms with Gasteiger partial charge in [0.1, 0.15) is 0 Å². The fourth-order valence-electron chi connectivity index (χ4n) is 2.55. The molecule has 1 aromatic rings. The molecule has 0 aliphatic carbocycles. The minimum absolute atomic E-state index is 0.0526. The lowest BCUT2D eigenvalue weighted by Gasteiger charge is -2.34. The Hall–Kier alpha value is -2.04. The summed E-state index contributed by atoms with van der Waals surface area (Å²) in [6.07, 6.45) is 0.932. The van der Waals surface area contributed by atoms with Crippen LogP contribution < -0.4 is 5.73 Å². The summed E-state index contributed by atoms with van der Waals surface area (Å²) in [7, 11) is -3.97. The van der Waals surface area contributed by atoms with Crippen LogP contribution in [-0.2, 0) is 14.8 Å². The van der Waals surface area contributed by atoms with Crippen LogP contribution in [0.15, 0.2) is 29.2 Å². The minimum atomic E-state index is -3.97. The molecule has 1 aromatic carbocycles. The van der Waals surface area contributed by atoms with Gasteiger partial charge >= 0.3 is 0 Å². The van der Waals surface area contributed by atoms with Crippen molar-refractivity contribution in [3.8, 4) is 0 Å². The molecule has 2 N–H and O–H groups in total.